The highest BCUT2D eigenvalue weighted by molar-refractivity contribution is 6.36. The second kappa shape index (κ2) is 9.09. The first kappa shape index (κ1) is 20.7. The summed E-state index contributed by atoms with van der Waals surface area (Å²) in [5.41, 5.74) is 3.29. The van der Waals surface area contributed by atoms with Crippen LogP contribution in [0, 0.1) is 0 Å². The number of fused-ring (bicyclic) bond motifs is 1. The van der Waals surface area contributed by atoms with Crippen LogP contribution in [0.3, 0.4) is 0 Å². The highest BCUT2D eigenvalue weighted by Gasteiger charge is 2.14. The lowest BCUT2D eigenvalue weighted by atomic mass is 10.2. The van der Waals surface area contributed by atoms with Gasteiger partial charge < -0.3 is 9.88 Å². The Kier molecular flexibility index (Phi) is 6.28. The fraction of sp³-hybridized carbons (Fsp3) is 0.130. The quantitative estimate of drug-likeness (QED) is 0.384. The molecule has 1 heterocycles. The van der Waals surface area contributed by atoms with Gasteiger partial charge >= 0.3 is 0 Å². The van der Waals surface area contributed by atoms with Crippen LogP contribution >= 0.6 is 34.8 Å². The van der Waals surface area contributed by atoms with Gasteiger partial charge in [-0.05, 0) is 48.5 Å². The molecule has 1 aromatic heterocycles. The number of nitrogens with zero attached hydrogens (tertiary/aromatic N) is 2. The van der Waals surface area contributed by atoms with E-state index in [-0.39, 0.29) is 5.91 Å². The zero-order chi connectivity index (χ0) is 21.1. The number of rotatable bonds is 6. The predicted octanol–water partition coefficient (Wildman–Crippen LogP) is 6.02. The third-order valence-electron chi connectivity index (χ3n) is 4.85. The Morgan fingerprint density at radius 1 is 0.900 bits per heavy atom. The number of hydrogen-bond donors (Lipinski definition) is 1. The minimum absolute atomic E-state index is 0.150. The van der Waals surface area contributed by atoms with Crippen LogP contribution in [0.25, 0.3) is 11.0 Å². The number of halogens is 3. The van der Waals surface area contributed by atoms with E-state index >= 15 is 0 Å². The van der Waals surface area contributed by atoms with Gasteiger partial charge in [-0.15, -0.1) is 0 Å². The number of imidazole rings is 1. The molecule has 7 heteroatoms. The highest BCUT2D eigenvalue weighted by Crippen LogP contribution is 2.27. The molecular formula is C23H18Cl3N3O. The molecule has 30 heavy (non-hydrogen) atoms. The predicted molar refractivity (Wildman–Crippen MR) is 123 cm³/mol. The van der Waals surface area contributed by atoms with Crippen molar-refractivity contribution in [3.05, 3.63) is 98.7 Å². The summed E-state index contributed by atoms with van der Waals surface area (Å²) in [5.74, 6) is 0.701. The zero-order valence-corrected chi connectivity index (χ0v) is 18.2. The van der Waals surface area contributed by atoms with Crippen LogP contribution in [0.2, 0.25) is 15.1 Å². The SMILES string of the molecule is O=C(NCCc1nc2ccccc2n1Cc1c(Cl)cccc1Cl)c1ccc(Cl)cc1. The maximum absolute atomic E-state index is 12.4. The van der Waals surface area contributed by atoms with Crippen molar-refractivity contribution in [1.29, 1.82) is 0 Å². The molecule has 3 aromatic carbocycles. The van der Waals surface area contributed by atoms with Crippen molar-refractivity contribution >= 4 is 51.7 Å². The standard InChI is InChI=1S/C23H18Cl3N3O/c24-16-10-8-15(9-11-16)23(30)27-13-12-22-28-20-6-1-2-7-21(20)29(22)14-17-18(25)4-3-5-19(17)26/h1-11H,12-14H2,(H,27,30). The van der Waals surface area contributed by atoms with Crippen molar-refractivity contribution in [3.8, 4) is 0 Å². The van der Waals surface area contributed by atoms with Crippen molar-refractivity contribution in [1.82, 2.24) is 14.9 Å². The number of nitrogens with one attached hydrogen (secondary N) is 1. The van der Waals surface area contributed by atoms with E-state index in [4.69, 9.17) is 39.8 Å². The van der Waals surface area contributed by atoms with Gasteiger partial charge in [-0.1, -0.05) is 53.0 Å². The van der Waals surface area contributed by atoms with E-state index in [1.165, 1.54) is 0 Å². The van der Waals surface area contributed by atoms with Gasteiger partial charge in [0.1, 0.15) is 5.82 Å². The highest BCUT2D eigenvalue weighted by atomic mass is 35.5. The van der Waals surface area contributed by atoms with Crippen LogP contribution in [-0.2, 0) is 13.0 Å². The Labute approximate surface area is 189 Å². The molecule has 4 nitrogen and oxygen atoms in total. The number of aromatic nitrogens is 2. The average Bonchev–Trinajstić information content (AvgIpc) is 3.08. The summed E-state index contributed by atoms with van der Waals surface area (Å²) >= 11 is 18.7. The molecule has 1 amide bonds. The number of amides is 1. The maximum Gasteiger partial charge on any atom is 0.251 e. The summed E-state index contributed by atoms with van der Waals surface area (Å²) in [4.78, 5) is 17.1. The molecule has 0 aliphatic rings. The van der Waals surface area contributed by atoms with Gasteiger partial charge in [0.2, 0.25) is 0 Å². The van der Waals surface area contributed by atoms with Gasteiger partial charge in [0.15, 0.2) is 0 Å². The molecule has 0 bridgehead atoms. The lowest BCUT2D eigenvalue weighted by Gasteiger charge is -2.13. The maximum atomic E-state index is 12.4. The second-order valence-corrected chi connectivity index (χ2v) is 8.07. The topological polar surface area (TPSA) is 46.9 Å². The lowest BCUT2D eigenvalue weighted by molar-refractivity contribution is 0.0954. The number of carbonyl (C=O) groups is 1. The summed E-state index contributed by atoms with van der Waals surface area (Å²) in [7, 11) is 0. The van der Waals surface area contributed by atoms with E-state index in [0.717, 1.165) is 22.4 Å². The van der Waals surface area contributed by atoms with Crippen LogP contribution in [-0.4, -0.2) is 22.0 Å². The van der Waals surface area contributed by atoms with E-state index < -0.39 is 0 Å². The molecule has 0 saturated carbocycles. The van der Waals surface area contributed by atoms with E-state index in [0.29, 0.717) is 40.1 Å². The fourth-order valence-electron chi connectivity index (χ4n) is 3.33. The Morgan fingerprint density at radius 3 is 2.33 bits per heavy atom. The van der Waals surface area contributed by atoms with Crippen LogP contribution in [0.5, 0.6) is 0 Å². The second-order valence-electron chi connectivity index (χ2n) is 6.82. The van der Waals surface area contributed by atoms with Crippen molar-refractivity contribution in [3.63, 3.8) is 0 Å². The molecule has 4 aromatic rings. The molecule has 0 saturated heterocycles. The van der Waals surface area contributed by atoms with Gasteiger partial charge in [-0.25, -0.2) is 4.98 Å². The Hall–Kier alpha value is -2.53. The van der Waals surface area contributed by atoms with Gasteiger partial charge in [-0.2, -0.15) is 0 Å². The third-order valence-corrected chi connectivity index (χ3v) is 5.81. The fourth-order valence-corrected chi connectivity index (χ4v) is 3.97. The molecule has 0 aliphatic carbocycles. The molecule has 0 unspecified atom stereocenters. The van der Waals surface area contributed by atoms with Crippen molar-refractivity contribution in [2.75, 3.05) is 6.54 Å². The van der Waals surface area contributed by atoms with Crippen LogP contribution in [0.1, 0.15) is 21.7 Å². The minimum atomic E-state index is -0.150. The Bertz CT molecular complexity index is 1180. The van der Waals surface area contributed by atoms with E-state index in [2.05, 4.69) is 9.88 Å². The monoisotopic (exact) mass is 457 g/mol. The van der Waals surface area contributed by atoms with E-state index in [1.807, 2.05) is 42.5 Å². The first-order chi connectivity index (χ1) is 14.5. The average molecular weight is 459 g/mol. The smallest absolute Gasteiger partial charge is 0.251 e. The number of para-hydroxylation sites is 2. The lowest BCUT2D eigenvalue weighted by Crippen LogP contribution is -2.26. The molecule has 1 N–H and O–H groups in total. The first-order valence-corrected chi connectivity index (χ1v) is 10.6. The van der Waals surface area contributed by atoms with Gasteiger partial charge in [0.25, 0.3) is 5.91 Å². The Morgan fingerprint density at radius 2 is 1.60 bits per heavy atom. The summed E-state index contributed by atoms with van der Waals surface area (Å²) in [6.07, 6.45) is 0.566. The van der Waals surface area contributed by atoms with Crippen molar-refractivity contribution < 1.29 is 4.79 Å². The molecule has 0 fully saturated rings. The Balaban J connectivity index is 1.56. The zero-order valence-electron chi connectivity index (χ0n) is 15.9. The number of carbonyl (C=O) groups excluding carboxylic acids is 1. The number of benzene rings is 3. The van der Waals surface area contributed by atoms with E-state index in [9.17, 15) is 4.79 Å². The molecule has 0 aliphatic heterocycles. The summed E-state index contributed by atoms with van der Waals surface area (Å²) in [6.45, 7) is 0.945. The molecule has 0 radical (unpaired) electrons. The van der Waals surface area contributed by atoms with Crippen LogP contribution in [0.4, 0.5) is 0 Å². The van der Waals surface area contributed by atoms with Gasteiger partial charge in [-0.3, -0.25) is 4.79 Å². The van der Waals surface area contributed by atoms with Crippen LogP contribution < -0.4 is 5.32 Å². The van der Waals surface area contributed by atoms with Crippen molar-refractivity contribution in [2.24, 2.45) is 0 Å². The minimum Gasteiger partial charge on any atom is -0.352 e. The first-order valence-electron chi connectivity index (χ1n) is 9.44. The van der Waals surface area contributed by atoms with Gasteiger partial charge in [0.05, 0.1) is 17.6 Å². The normalized spacial score (nSPS) is 11.0. The molecule has 4 rings (SSSR count). The van der Waals surface area contributed by atoms with Crippen LogP contribution in [0.15, 0.2) is 66.7 Å². The third kappa shape index (κ3) is 4.46. The summed E-state index contributed by atoms with van der Waals surface area (Å²) in [6, 6.07) is 20.2. The summed E-state index contributed by atoms with van der Waals surface area (Å²) in [5, 5.41) is 4.76. The van der Waals surface area contributed by atoms with Gasteiger partial charge in [0, 0.05) is 39.2 Å². The molecule has 0 atom stereocenters. The molecule has 152 valence electrons. The number of hydrogen-bond acceptors (Lipinski definition) is 2. The summed E-state index contributed by atoms with van der Waals surface area (Å²) < 4.78 is 2.09. The molecular weight excluding hydrogens is 441 g/mol. The largest absolute Gasteiger partial charge is 0.352 e. The van der Waals surface area contributed by atoms with Crippen molar-refractivity contribution in [2.45, 2.75) is 13.0 Å². The van der Waals surface area contributed by atoms with E-state index in [1.54, 1.807) is 24.3 Å². The molecule has 0 spiro atoms.